The minimum Gasteiger partial charge on any atom is -0.309 e. The molecule has 0 radical (unpaired) electrons. The van der Waals surface area contributed by atoms with Gasteiger partial charge in [0.25, 0.3) is 0 Å². The summed E-state index contributed by atoms with van der Waals surface area (Å²) in [6.45, 7) is 8.02. The van der Waals surface area contributed by atoms with Crippen molar-refractivity contribution in [2.75, 3.05) is 20.6 Å². The number of hydrogen-bond acceptors (Lipinski definition) is 2. The lowest BCUT2D eigenvalue weighted by Gasteiger charge is -2.26. The molecule has 0 aliphatic rings. The van der Waals surface area contributed by atoms with Crippen LogP contribution in [0.4, 0.5) is 0 Å². The molecule has 0 fully saturated rings. The molecule has 0 saturated heterocycles. The van der Waals surface area contributed by atoms with E-state index in [0.29, 0.717) is 18.0 Å². The highest BCUT2D eigenvalue weighted by Crippen LogP contribution is 2.22. The highest BCUT2D eigenvalue weighted by Gasteiger charge is 2.15. The summed E-state index contributed by atoms with van der Waals surface area (Å²) < 4.78 is 0. The molecular weight excluding hydrogens is 232 g/mol. The summed E-state index contributed by atoms with van der Waals surface area (Å²) in [5, 5.41) is 3.79. The van der Waals surface area contributed by atoms with Gasteiger partial charge >= 0.3 is 0 Å². The normalized spacial score (nSPS) is 14.9. The number of nitrogens with zero attached hydrogens (tertiary/aromatic N) is 1. The molecule has 2 heteroatoms. The van der Waals surface area contributed by atoms with Gasteiger partial charge in [0.15, 0.2) is 0 Å². The van der Waals surface area contributed by atoms with Crippen LogP contribution >= 0.6 is 0 Å². The second-order valence-corrected chi connectivity index (χ2v) is 6.25. The van der Waals surface area contributed by atoms with Gasteiger partial charge in [-0.25, -0.2) is 0 Å². The topological polar surface area (TPSA) is 15.3 Å². The zero-order valence-corrected chi connectivity index (χ0v) is 13.2. The Morgan fingerprint density at radius 1 is 1.05 bits per heavy atom. The Labute approximate surface area is 119 Å². The zero-order chi connectivity index (χ0) is 14.3. The van der Waals surface area contributed by atoms with Gasteiger partial charge in [0.1, 0.15) is 0 Å². The van der Waals surface area contributed by atoms with Gasteiger partial charge in [-0.05, 0) is 51.9 Å². The standard InChI is InChI=1S/C17H30N2/c1-14(2)13-17(16-9-7-6-8-10-16)18-15(3)11-12-19(4)5/h6-10,14-15,17-18H,11-13H2,1-5H3. The zero-order valence-electron chi connectivity index (χ0n) is 13.2. The highest BCUT2D eigenvalue weighted by atomic mass is 15.1. The van der Waals surface area contributed by atoms with E-state index >= 15 is 0 Å². The fraction of sp³-hybridized carbons (Fsp3) is 0.647. The van der Waals surface area contributed by atoms with Gasteiger partial charge in [-0.2, -0.15) is 0 Å². The van der Waals surface area contributed by atoms with E-state index in [1.54, 1.807) is 0 Å². The van der Waals surface area contributed by atoms with Crippen molar-refractivity contribution in [3.63, 3.8) is 0 Å². The minimum absolute atomic E-state index is 0.471. The average molecular weight is 262 g/mol. The number of benzene rings is 1. The van der Waals surface area contributed by atoms with E-state index in [0.717, 1.165) is 6.54 Å². The first-order valence-corrected chi connectivity index (χ1v) is 7.44. The van der Waals surface area contributed by atoms with E-state index in [1.807, 2.05) is 0 Å². The molecule has 0 spiro atoms. The minimum atomic E-state index is 0.471. The third-order valence-corrected chi connectivity index (χ3v) is 3.40. The molecule has 0 amide bonds. The Morgan fingerprint density at radius 3 is 2.21 bits per heavy atom. The number of hydrogen-bond donors (Lipinski definition) is 1. The number of nitrogens with one attached hydrogen (secondary N) is 1. The Hall–Kier alpha value is -0.860. The first kappa shape index (κ1) is 16.2. The largest absolute Gasteiger partial charge is 0.309 e. The summed E-state index contributed by atoms with van der Waals surface area (Å²) >= 11 is 0. The van der Waals surface area contributed by atoms with Crippen LogP contribution in [0.2, 0.25) is 0 Å². The molecule has 1 aromatic rings. The Morgan fingerprint density at radius 2 is 1.68 bits per heavy atom. The molecule has 1 aromatic carbocycles. The second-order valence-electron chi connectivity index (χ2n) is 6.25. The molecule has 0 saturated carbocycles. The fourth-order valence-electron chi connectivity index (χ4n) is 2.34. The van der Waals surface area contributed by atoms with Gasteiger partial charge in [-0.15, -0.1) is 0 Å². The summed E-state index contributed by atoms with van der Waals surface area (Å²) in [5.41, 5.74) is 1.41. The predicted molar refractivity (Wildman–Crippen MR) is 84.4 cm³/mol. The monoisotopic (exact) mass is 262 g/mol. The van der Waals surface area contributed by atoms with Gasteiger partial charge in [0.05, 0.1) is 0 Å². The molecule has 19 heavy (non-hydrogen) atoms. The molecule has 1 N–H and O–H groups in total. The first-order chi connectivity index (χ1) is 8.99. The Balaban J connectivity index is 2.60. The van der Waals surface area contributed by atoms with Gasteiger partial charge in [0.2, 0.25) is 0 Å². The van der Waals surface area contributed by atoms with E-state index < -0.39 is 0 Å². The quantitative estimate of drug-likeness (QED) is 0.768. The van der Waals surface area contributed by atoms with Crippen molar-refractivity contribution in [3.05, 3.63) is 35.9 Å². The molecule has 0 heterocycles. The van der Waals surface area contributed by atoms with Gasteiger partial charge < -0.3 is 10.2 Å². The first-order valence-electron chi connectivity index (χ1n) is 7.44. The van der Waals surface area contributed by atoms with Crippen LogP contribution in [0.15, 0.2) is 30.3 Å². The summed E-state index contributed by atoms with van der Waals surface area (Å²) in [5.74, 6) is 0.707. The van der Waals surface area contributed by atoms with E-state index in [4.69, 9.17) is 0 Å². The van der Waals surface area contributed by atoms with Crippen LogP contribution in [0.1, 0.15) is 45.2 Å². The van der Waals surface area contributed by atoms with Crippen molar-refractivity contribution in [2.24, 2.45) is 5.92 Å². The van der Waals surface area contributed by atoms with Crippen LogP contribution in [-0.2, 0) is 0 Å². The van der Waals surface area contributed by atoms with Crippen molar-refractivity contribution in [1.29, 1.82) is 0 Å². The molecule has 108 valence electrons. The molecule has 2 nitrogen and oxygen atoms in total. The molecule has 0 aromatic heterocycles. The highest BCUT2D eigenvalue weighted by molar-refractivity contribution is 5.19. The Bertz CT molecular complexity index is 332. The van der Waals surface area contributed by atoms with Crippen LogP contribution in [0.3, 0.4) is 0 Å². The lowest BCUT2D eigenvalue weighted by Crippen LogP contribution is -2.33. The SMILES string of the molecule is CC(C)CC(NC(C)CCN(C)C)c1ccccc1. The molecule has 0 aliphatic carbocycles. The Kier molecular flexibility index (Phi) is 7.11. The summed E-state index contributed by atoms with van der Waals surface area (Å²) in [6.07, 6.45) is 2.38. The predicted octanol–water partition coefficient (Wildman–Crippen LogP) is 3.70. The lowest BCUT2D eigenvalue weighted by atomic mass is 9.96. The third kappa shape index (κ3) is 6.74. The van der Waals surface area contributed by atoms with Gasteiger partial charge in [-0.1, -0.05) is 44.2 Å². The van der Waals surface area contributed by atoms with Crippen molar-refractivity contribution in [3.8, 4) is 0 Å². The van der Waals surface area contributed by atoms with Gasteiger partial charge in [-0.3, -0.25) is 0 Å². The summed E-state index contributed by atoms with van der Waals surface area (Å²) in [4.78, 5) is 2.25. The smallest absolute Gasteiger partial charge is 0.0324 e. The van der Waals surface area contributed by atoms with Crippen molar-refractivity contribution in [1.82, 2.24) is 10.2 Å². The van der Waals surface area contributed by atoms with Crippen LogP contribution in [0.5, 0.6) is 0 Å². The molecule has 1 rings (SSSR count). The summed E-state index contributed by atoms with van der Waals surface area (Å²) in [7, 11) is 4.27. The van der Waals surface area contributed by atoms with E-state index in [2.05, 4.69) is 75.4 Å². The summed E-state index contributed by atoms with van der Waals surface area (Å²) in [6, 6.07) is 11.8. The molecule has 2 atom stereocenters. The maximum absolute atomic E-state index is 3.79. The third-order valence-electron chi connectivity index (χ3n) is 3.40. The average Bonchev–Trinajstić information content (AvgIpc) is 2.36. The van der Waals surface area contributed by atoms with Crippen LogP contribution < -0.4 is 5.32 Å². The van der Waals surface area contributed by atoms with Gasteiger partial charge in [0, 0.05) is 12.1 Å². The second kappa shape index (κ2) is 8.34. The van der Waals surface area contributed by atoms with Crippen LogP contribution in [-0.4, -0.2) is 31.6 Å². The van der Waals surface area contributed by atoms with E-state index in [9.17, 15) is 0 Å². The maximum Gasteiger partial charge on any atom is 0.0324 e. The molecule has 0 aliphatic heterocycles. The number of rotatable bonds is 8. The van der Waals surface area contributed by atoms with Crippen LogP contribution in [0.25, 0.3) is 0 Å². The van der Waals surface area contributed by atoms with Crippen molar-refractivity contribution in [2.45, 2.75) is 45.7 Å². The van der Waals surface area contributed by atoms with Crippen LogP contribution in [0, 0.1) is 5.92 Å². The fourth-order valence-corrected chi connectivity index (χ4v) is 2.34. The van der Waals surface area contributed by atoms with E-state index in [1.165, 1.54) is 18.4 Å². The molecule has 0 bridgehead atoms. The van der Waals surface area contributed by atoms with Crippen molar-refractivity contribution < 1.29 is 0 Å². The maximum atomic E-state index is 3.79. The van der Waals surface area contributed by atoms with E-state index in [-0.39, 0.29) is 0 Å². The van der Waals surface area contributed by atoms with Crippen molar-refractivity contribution >= 4 is 0 Å². The molecule has 2 unspecified atom stereocenters. The lowest BCUT2D eigenvalue weighted by molar-refractivity contribution is 0.332. The molecular formula is C17H30N2.